The van der Waals surface area contributed by atoms with Gasteiger partial charge in [0.15, 0.2) is 0 Å². The van der Waals surface area contributed by atoms with Crippen LogP contribution in [0.2, 0.25) is 0 Å². The average molecular weight is 386 g/mol. The molecule has 1 aliphatic carbocycles. The maximum Gasteiger partial charge on any atom is 0.311 e. The number of benzene rings is 1. The summed E-state index contributed by atoms with van der Waals surface area (Å²) in [6, 6.07) is 7.79. The molecule has 4 rings (SSSR count). The van der Waals surface area contributed by atoms with Crippen LogP contribution in [0.5, 0.6) is 0 Å². The summed E-state index contributed by atoms with van der Waals surface area (Å²) in [6.45, 7) is 7.78. The summed E-state index contributed by atoms with van der Waals surface area (Å²) in [7, 11) is 0. The van der Waals surface area contributed by atoms with Crippen LogP contribution in [0.4, 0.5) is 0 Å². The van der Waals surface area contributed by atoms with Crippen LogP contribution in [0.3, 0.4) is 0 Å². The molecule has 3 fully saturated rings. The second-order valence-electron chi connectivity index (χ2n) is 8.88. The third-order valence-electron chi connectivity index (χ3n) is 6.69. The molecule has 0 spiro atoms. The Morgan fingerprint density at radius 3 is 2.43 bits per heavy atom. The van der Waals surface area contributed by atoms with E-state index in [1.54, 1.807) is 4.90 Å². The normalized spacial score (nSPS) is 33.1. The lowest BCUT2D eigenvalue weighted by molar-refractivity contribution is -0.149. The largest absolute Gasteiger partial charge is 0.481 e. The smallest absolute Gasteiger partial charge is 0.311 e. The SMILES string of the molecule is CC1CN(Cc2ccc(C(=O)N3C[C@@H]4CCC[C@@]4(C(=O)O)C3)cc2)CC(C)O1. The number of morpholine rings is 1. The Labute approximate surface area is 166 Å². The molecule has 2 aliphatic heterocycles. The van der Waals surface area contributed by atoms with Crippen LogP contribution < -0.4 is 0 Å². The number of likely N-dealkylation sites (tertiary alicyclic amines) is 1. The molecule has 0 radical (unpaired) electrons. The zero-order valence-electron chi connectivity index (χ0n) is 16.8. The number of fused-ring (bicyclic) bond motifs is 1. The summed E-state index contributed by atoms with van der Waals surface area (Å²) in [5.41, 5.74) is 1.10. The first-order valence-corrected chi connectivity index (χ1v) is 10.4. The Hall–Kier alpha value is -1.92. The number of nitrogens with zero attached hydrogens (tertiary/aromatic N) is 2. The predicted molar refractivity (Wildman–Crippen MR) is 105 cm³/mol. The molecule has 0 aromatic heterocycles. The van der Waals surface area contributed by atoms with E-state index in [4.69, 9.17) is 4.74 Å². The Bertz CT molecular complexity index is 739. The number of amides is 1. The average Bonchev–Trinajstić information content (AvgIpc) is 3.19. The van der Waals surface area contributed by atoms with Crippen LogP contribution in [0, 0.1) is 11.3 Å². The van der Waals surface area contributed by atoms with Gasteiger partial charge in [0.05, 0.1) is 17.6 Å². The number of carbonyl (C=O) groups excluding carboxylic acids is 1. The lowest BCUT2D eigenvalue weighted by Gasteiger charge is -2.35. The van der Waals surface area contributed by atoms with E-state index in [0.717, 1.165) is 32.5 Å². The van der Waals surface area contributed by atoms with Crippen LogP contribution in [0.15, 0.2) is 24.3 Å². The van der Waals surface area contributed by atoms with Crippen molar-refractivity contribution in [2.45, 2.75) is 51.9 Å². The van der Waals surface area contributed by atoms with Crippen LogP contribution in [0.1, 0.15) is 49.0 Å². The van der Waals surface area contributed by atoms with Gasteiger partial charge in [0.2, 0.25) is 0 Å². The van der Waals surface area contributed by atoms with Gasteiger partial charge in [0, 0.05) is 38.3 Å². The molecule has 3 aliphatic rings. The molecular weight excluding hydrogens is 356 g/mol. The van der Waals surface area contributed by atoms with Gasteiger partial charge in [-0.25, -0.2) is 0 Å². The maximum atomic E-state index is 12.9. The molecule has 1 amide bonds. The van der Waals surface area contributed by atoms with E-state index in [1.165, 1.54) is 5.56 Å². The third kappa shape index (κ3) is 3.55. The van der Waals surface area contributed by atoms with E-state index in [1.807, 2.05) is 24.3 Å². The fraction of sp³-hybridized carbons (Fsp3) is 0.636. The van der Waals surface area contributed by atoms with Crippen LogP contribution in [-0.4, -0.2) is 65.2 Å². The van der Waals surface area contributed by atoms with Crippen molar-refractivity contribution < 1.29 is 19.4 Å². The predicted octanol–water partition coefficient (Wildman–Crippen LogP) is 2.62. The molecule has 1 saturated carbocycles. The molecule has 2 unspecified atom stereocenters. The Kier molecular flexibility index (Phi) is 5.19. The van der Waals surface area contributed by atoms with Gasteiger partial charge in [-0.3, -0.25) is 14.5 Å². The van der Waals surface area contributed by atoms with Gasteiger partial charge in [-0.2, -0.15) is 0 Å². The van der Waals surface area contributed by atoms with Crippen molar-refractivity contribution in [1.82, 2.24) is 9.80 Å². The molecule has 2 saturated heterocycles. The minimum absolute atomic E-state index is 0.0461. The molecule has 6 heteroatoms. The Morgan fingerprint density at radius 1 is 1.14 bits per heavy atom. The standard InChI is InChI=1S/C22H30N2O4/c1-15-10-23(11-16(2)28-15)12-17-5-7-18(8-6-17)20(25)24-13-19-4-3-9-22(19,14-24)21(26)27/h5-8,15-16,19H,3-4,9-14H2,1-2H3,(H,26,27)/t15?,16?,19-,22+/m0/s1. The van der Waals surface area contributed by atoms with E-state index in [9.17, 15) is 14.7 Å². The van der Waals surface area contributed by atoms with Crippen LogP contribution in [-0.2, 0) is 16.1 Å². The first-order chi connectivity index (χ1) is 13.4. The summed E-state index contributed by atoms with van der Waals surface area (Å²) in [5.74, 6) is -0.691. The van der Waals surface area contributed by atoms with Gasteiger partial charge in [-0.1, -0.05) is 18.6 Å². The topological polar surface area (TPSA) is 70.1 Å². The monoisotopic (exact) mass is 386 g/mol. The summed E-state index contributed by atoms with van der Waals surface area (Å²) in [6.07, 6.45) is 3.02. The van der Waals surface area contributed by atoms with Crippen molar-refractivity contribution in [1.29, 1.82) is 0 Å². The van der Waals surface area contributed by atoms with Gasteiger partial charge in [0.25, 0.3) is 5.91 Å². The van der Waals surface area contributed by atoms with E-state index >= 15 is 0 Å². The van der Waals surface area contributed by atoms with Crippen molar-refractivity contribution in [3.05, 3.63) is 35.4 Å². The first kappa shape index (κ1) is 19.4. The van der Waals surface area contributed by atoms with Crippen molar-refractivity contribution in [3.8, 4) is 0 Å². The summed E-state index contributed by atoms with van der Waals surface area (Å²) in [4.78, 5) is 28.9. The molecular formula is C22H30N2O4. The highest BCUT2D eigenvalue weighted by Gasteiger charge is 2.55. The zero-order chi connectivity index (χ0) is 19.9. The molecule has 28 heavy (non-hydrogen) atoms. The van der Waals surface area contributed by atoms with E-state index in [0.29, 0.717) is 25.1 Å². The van der Waals surface area contributed by atoms with Gasteiger partial charge in [-0.05, 0) is 50.3 Å². The molecule has 4 atom stereocenters. The number of ether oxygens (including phenoxy) is 1. The van der Waals surface area contributed by atoms with Crippen LogP contribution in [0.25, 0.3) is 0 Å². The highest BCUT2D eigenvalue weighted by atomic mass is 16.5. The quantitative estimate of drug-likeness (QED) is 0.861. The summed E-state index contributed by atoms with van der Waals surface area (Å²) < 4.78 is 5.78. The Morgan fingerprint density at radius 2 is 1.82 bits per heavy atom. The molecule has 1 N–H and O–H groups in total. The van der Waals surface area contributed by atoms with Crippen LogP contribution >= 0.6 is 0 Å². The molecule has 2 heterocycles. The summed E-state index contributed by atoms with van der Waals surface area (Å²) in [5, 5.41) is 9.72. The fourth-order valence-electron chi connectivity index (χ4n) is 5.40. The fourth-order valence-corrected chi connectivity index (χ4v) is 5.40. The van der Waals surface area contributed by atoms with Gasteiger partial charge in [0.1, 0.15) is 0 Å². The lowest BCUT2D eigenvalue weighted by Crippen LogP contribution is -2.44. The van der Waals surface area contributed by atoms with Gasteiger partial charge >= 0.3 is 5.97 Å². The van der Waals surface area contributed by atoms with Gasteiger partial charge in [-0.15, -0.1) is 0 Å². The molecule has 1 aromatic carbocycles. The molecule has 1 aromatic rings. The number of aliphatic carboxylic acids is 1. The minimum Gasteiger partial charge on any atom is -0.481 e. The second kappa shape index (κ2) is 7.48. The number of hydrogen-bond acceptors (Lipinski definition) is 4. The zero-order valence-corrected chi connectivity index (χ0v) is 16.8. The summed E-state index contributed by atoms with van der Waals surface area (Å²) >= 11 is 0. The lowest BCUT2D eigenvalue weighted by atomic mass is 9.81. The van der Waals surface area contributed by atoms with E-state index < -0.39 is 11.4 Å². The van der Waals surface area contributed by atoms with Crippen molar-refractivity contribution >= 4 is 11.9 Å². The number of rotatable bonds is 4. The Balaban J connectivity index is 1.40. The van der Waals surface area contributed by atoms with Crippen molar-refractivity contribution in [2.24, 2.45) is 11.3 Å². The van der Waals surface area contributed by atoms with E-state index in [-0.39, 0.29) is 24.0 Å². The number of carboxylic acid groups (broad SMARTS) is 1. The highest BCUT2D eigenvalue weighted by Crippen LogP contribution is 2.49. The van der Waals surface area contributed by atoms with Gasteiger partial charge < -0.3 is 14.7 Å². The maximum absolute atomic E-state index is 12.9. The molecule has 6 nitrogen and oxygen atoms in total. The molecule has 0 bridgehead atoms. The van der Waals surface area contributed by atoms with Crippen molar-refractivity contribution in [3.63, 3.8) is 0 Å². The first-order valence-electron chi connectivity index (χ1n) is 10.4. The van der Waals surface area contributed by atoms with E-state index in [2.05, 4.69) is 18.7 Å². The number of carbonyl (C=O) groups is 2. The minimum atomic E-state index is -0.741. The highest BCUT2D eigenvalue weighted by molar-refractivity contribution is 5.95. The van der Waals surface area contributed by atoms with Crippen molar-refractivity contribution in [2.75, 3.05) is 26.2 Å². The second-order valence-corrected chi connectivity index (χ2v) is 8.88. The number of carboxylic acids is 1. The number of hydrogen-bond donors (Lipinski definition) is 1. The molecule has 152 valence electrons. The third-order valence-corrected chi connectivity index (χ3v) is 6.69.